The molecule has 4 saturated heterocycles. The number of unbranched alkanes of at least 4 members (excludes halogenated alkanes) is 6. The van der Waals surface area contributed by atoms with Crippen LogP contribution in [0.25, 0.3) is 0 Å². The number of piperidine rings is 2. The third-order valence-electron chi connectivity index (χ3n) is 9.78. The minimum absolute atomic E-state index is 0.240. The van der Waals surface area contributed by atoms with Gasteiger partial charge in [-0.05, 0) is 88.6 Å². The van der Waals surface area contributed by atoms with E-state index in [1.165, 1.54) is 103 Å². The van der Waals surface area contributed by atoms with Crippen molar-refractivity contribution in [3.8, 4) is 0 Å². The maximum Gasteiger partial charge on any atom is 0.225 e. The van der Waals surface area contributed by atoms with Crippen LogP contribution in [0, 0.1) is 23.7 Å². The van der Waals surface area contributed by atoms with Gasteiger partial charge in [0.1, 0.15) is 0 Å². The molecule has 5 nitrogen and oxygen atoms in total. The van der Waals surface area contributed by atoms with Gasteiger partial charge in [0.15, 0.2) is 0 Å². The molecular formula is C32H60N2O3. The van der Waals surface area contributed by atoms with E-state index in [0.717, 1.165) is 69.9 Å². The molecule has 0 aromatic heterocycles. The van der Waals surface area contributed by atoms with Crippen LogP contribution in [0.1, 0.15) is 128 Å². The van der Waals surface area contributed by atoms with Gasteiger partial charge in [-0.25, -0.2) is 0 Å². The molecule has 37 heavy (non-hydrogen) atoms. The van der Waals surface area contributed by atoms with Crippen molar-refractivity contribution >= 4 is 5.91 Å². The van der Waals surface area contributed by atoms with Crippen molar-refractivity contribution in [3.63, 3.8) is 0 Å². The van der Waals surface area contributed by atoms with E-state index in [-0.39, 0.29) is 12.5 Å². The van der Waals surface area contributed by atoms with Gasteiger partial charge in [0.25, 0.3) is 0 Å². The molecule has 2 N–H and O–H groups in total. The first-order chi connectivity index (χ1) is 18.2. The lowest BCUT2D eigenvalue weighted by atomic mass is 9.69. The first kappa shape index (κ1) is 30.9. The minimum atomic E-state index is 0.240. The van der Waals surface area contributed by atoms with Gasteiger partial charge in [0.05, 0.1) is 0 Å². The average Bonchev–Trinajstić information content (AvgIpc) is 2.91. The Morgan fingerprint density at radius 3 is 2.08 bits per heavy atom. The van der Waals surface area contributed by atoms with Crippen LogP contribution in [0.2, 0.25) is 0 Å². The number of fused-ring (bicyclic) bond motifs is 11. The molecule has 4 aliphatic heterocycles. The summed E-state index contributed by atoms with van der Waals surface area (Å²) in [6.45, 7) is 6.27. The van der Waals surface area contributed by atoms with Gasteiger partial charge in [-0.3, -0.25) is 4.79 Å². The maximum atomic E-state index is 13.5. The van der Waals surface area contributed by atoms with E-state index in [0.29, 0.717) is 18.4 Å². The highest BCUT2D eigenvalue weighted by Crippen LogP contribution is 2.40. The number of hydrogen-bond acceptors (Lipinski definition) is 4. The second kappa shape index (κ2) is 18.6. The molecule has 4 fully saturated rings. The number of likely N-dealkylation sites (tertiary alicyclic amines) is 1. The Hall–Kier alpha value is -0.650. The van der Waals surface area contributed by atoms with Crippen LogP contribution in [0.3, 0.4) is 0 Å². The highest BCUT2D eigenvalue weighted by molar-refractivity contribution is 5.79. The van der Waals surface area contributed by atoms with E-state index < -0.39 is 0 Å². The lowest BCUT2D eigenvalue weighted by Crippen LogP contribution is -2.51. The van der Waals surface area contributed by atoms with Gasteiger partial charge < -0.3 is 20.0 Å². The molecular weight excluding hydrogens is 460 g/mol. The first-order valence-electron chi connectivity index (χ1n) is 16.5. The summed E-state index contributed by atoms with van der Waals surface area (Å²) in [5, 5.41) is 18.3. The zero-order chi connectivity index (χ0) is 26.1. The Balaban J connectivity index is 1.67. The highest BCUT2D eigenvalue weighted by Gasteiger charge is 2.41. The van der Waals surface area contributed by atoms with Gasteiger partial charge in [-0.2, -0.15) is 0 Å². The summed E-state index contributed by atoms with van der Waals surface area (Å²) in [4.78, 5) is 18.6. The van der Waals surface area contributed by atoms with E-state index in [2.05, 4.69) is 9.80 Å². The number of aliphatic hydroxyl groups is 2. The highest BCUT2D eigenvalue weighted by atomic mass is 16.3. The molecule has 0 spiro atoms. The third-order valence-corrected chi connectivity index (χ3v) is 9.78. The summed E-state index contributed by atoms with van der Waals surface area (Å²) in [6.07, 6.45) is 24.5. The second-order valence-corrected chi connectivity index (χ2v) is 12.7. The van der Waals surface area contributed by atoms with E-state index in [1.807, 2.05) is 0 Å². The smallest absolute Gasteiger partial charge is 0.225 e. The van der Waals surface area contributed by atoms with Gasteiger partial charge in [0, 0.05) is 38.8 Å². The molecule has 4 bridgehead atoms. The molecule has 4 aliphatic rings. The molecule has 0 aromatic carbocycles. The zero-order valence-electron chi connectivity index (χ0n) is 24.1. The fraction of sp³-hybridized carbons (Fsp3) is 0.969. The monoisotopic (exact) mass is 520 g/mol. The third kappa shape index (κ3) is 11.2. The molecule has 0 aromatic rings. The van der Waals surface area contributed by atoms with E-state index in [9.17, 15) is 9.90 Å². The van der Waals surface area contributed by atoms with Crippen LogP contribution in [-0.2, 0) is 4.79 Å². The van der Waals surface area contributed by atoms with Crippen LogP contribution in [0.15, 0.2) is 0 Å². The molecule has 1 amide bonds. The van der Waals surface area contributed by atoms with Gasteiger partial charge in [0.2, 0.25) is 5.91 Å². The number of rotatable bonds is 12. The Bertz CT molecular complexity index is 601. The average molecular weight is 521 g/mol. The van der Waals surface area contributed by atoms with Crippen molar-refractivity contribution in [3.05, 3.63) is 0 Å². The predicted molar refractivity (Wildman–Crippen MR) is 153 cm³/mol. The molecule has 5 atom stereocenters. The second-order valence-electron chi connectivity index (χ2n) is 12.7. The van der Waals surface area contributed by atoms with Crippen molar-refractivity contribution < 1.29 is 15.0 Å². The molecule has 0 saturated carbocycles. The molecule has 216 valence electrons. The predicted octanol–water partition coefficient (Wildman–Crippen LogP) is 6.41. The van der Waals surface area contributed by atoms with Crippen LogP contribution in [0.4, 0.5) is 0 Å². The number of amides is 1. The van der Waals surface area contributed by atoms with Crippen LogP contribution < -0.4 is 0 Å². The quantitative estimate of drug-likeness (QED) is 0.292. The van der Waals surface area contributed by atoms with E-state index in [1.54, 1.807) is 0 Å². The molecule has 1 unspecified atom stereocenters. The number of carbonyl (C=O) groups is 1. The van der Waals surface area contributed by atoms with Crippen LogP contribution >= 0.6 is 0 Å². The van der Waals surface area contributed by atoms with E-state index >= 15 is 0 Å². The topological polar surface area (TPSA) is 64.0 Å². The SMILES string of the molecule is O=C1[C@@H]2CCCCCCCCCCN3CC[C@@H]([C@H](CCCCCCCO)C3)[C@@H](C2)CN1CCCCCO. The van der Waals surface area contributed by atoms with Gasteiger partial charge in [-0.15, -0.1) is 0 Å². The number of aliphatic hydroxyl groups excluding tert-OH is 2. The summed E-state index contributed by atoms with van der Waals surface area (Å²) < 4.78 is 0. The van der Waals surface area contributed by atoms with Crippen molar-refractivity contribution in [1.82, 2.24) is 9.80 Å². The molecule has 0 radical (unpaired) electrons. The first-order valence-corrected chi connectivity index (χ1v) is 16.5. The number of hydrogen-bond donors (Lipinski definition) is 2. The van der Waals surface area contributed by atoms with Crippen molar-refractivity contribution in [1.29, 1.82) is 0 Å². The lowest BCUT2D eigenvalue weighted by molar-refractivity contribution is -0.142. The van der Waals surface area contributed by atoms with Crippen LogP contribution in [-0.4, -0.2) is 71.9 Å². The molecule has 4 rings (SSSR count). The minimum Gasteiger partial charge on any atom is -0.396 e. The van der Waals surface area contributed by atoms with Crippen LogP contribution in [0.5, 0.6) is 0 Å². The summed E-state index contributed by atoms with van der Waals surface area (Å²) >= 11 is 0. The van der Waals surface area contributed by atoms with Crippen molar-refractivity contribution in [2.75, 3.05) is 45.9 Å². The Morgan fingerprint density at radius 2 is 1.32 bits per heavy atom. The Labute approximate surface area is 228 Å². The van der Waals surface area contributed by atoms with Gasteiger partial charge >= 0.3 is 0 Å². The summed E-state index contributed by atoms with van der Waals surface area (Å²) in [6, 6.07) is 0. The standard InChI is InChI=1S/C32H60N2O3/c35-23-15-9-5-7-12-18-29-26-33-20-13-8-4-2-1-3-6-11-17-28-25-30(31(29)19-22-33)27-34(32(28)37)21-14-10-16-24-36/h28-31,35-36H,1-27H2/t28-,29-,30+,31+/m1/s1. The fourth-order valence-electron chi connectivity index (χ4n) is 7.61. The van der Waals surface area contributed by atoms with Crippen molar-refractivity contribution in [2.24, 2.45) is 23.7 Å². The molecule has 4 heterocycles. The Kier molecular flexibility index (Phi) is 15.5. The lowest BCUT2D eigenvalue weighted by Gasteiger charge is -2.47. The largest absolute Gasteiger partial charge is 0.396 e. The summed E-state index contributed by atoms with van der Waals surface area (Å²) in [5.41, 5.74) is 0. The van der Waals surface area contributed by atoms with Crippen molar-refractivity contribution in [2.45, 2.75) is 128 Å². The summed E-state index contributed by atoms with van der Waals surface area (Å²) in [7, 11) is 0. The molecule has 0 aliphatic carbocycles. The zero-order valence-corrected chi connectivity index (χ0v) is 24.1. The fourth-order valence-corrected chi connectivity index (χ4v) is 7.61. The van der Waals surface area contributed by atoms with Gasteiger partial charge in [-0.1, -0.05) is 70.6 Å². The normalized spacial score (nSPS) is 30.4. The number of nitrogens with zero attached hydrogens (tertiary/aromatic N) is 2. The van der Waals surface area contributed by atoms with E-state index in [4.69, 9.17) is 5.11 Å². The maximum absolute atomic E-state index is 13.5. The Morgan fingerprint density at radius 1 is 0.676 bits per heavy atom. The summed E-state index contributed by atoms with van der Waals surface area (Å²) in [5.74, 6) is 2.88. The number of carbonyl (C=O) groups excluding carboxylic acids is 1. The molecule has 5 heteroatoms.